The molecule has 2 N–H and O–H groups in total. The average Bonchev–Trinajstić information content (AvgIpc) is 2.65. The normalized spacial score (nSPS) is 12.1. The van der Waals surface area contributed by atoms with Crippen molar-refractivity contribution < 1.29 is 9.47 Å². The lowest BCUT2D eigenvalue weighted by Crippen LogP contribution is -2.16. The highest BCUT2D eigenvalue weighted by molar-refractivity contribution is 5.85. The number of hydrogen-bond acceptors (Lipinski definition) is 3. The molecule has 0 aliphatic carbocycles. The lowest BCUT2D eigenvalue weighted by Gasteiger charge is -2.20. The molecule has 0 aliphatic heterocycles. The minimum Gasteiger partial charge on any atom is -0.497 e. The highest BCUT2D eigenvalue weighted by Crippen LogP contribution is 2.33. The fraction of sp³-hybridized carbons (Fsp3) is 0.238. The summed E-state index contributed by atoms with van der Waals surface area (Å²) < 4.78 is 10.9. The van der Waals surface area contributed by atoms with Crippen LogP contribution in [0.2, 0.25) is 0 Å². The summed E-state index contributed by atoms with van der Waals surface area (Å²) in [5, 5.41) is 2.53. The topological polar surface area (TPSA) is 44.5 Å². The summed E-state index contributed by atoms with van der Waals surface area (Å²) >= 11 is 0. The number of methoxy groups -OCH3 is 2. The van der Waals surface area contributed by atoms with Gasteiger partial charge in [-0.15, -0.1) is 0 Å². The van der Waals surface area contributed by atoms with Gasteiger partial charge in [0.2, 0.25) is 0 Å². The number of ether oxygens (including phenoxy) is 2. The maximum absolute atomic E-state index is 6.12. The molecule has 0 aromatic heterocycles. The summed E-state index contributed by atoms with van der Waals surface area (Å²) in [4.78, 5) is 0. The second-order valence-electron chi connectivity index (χ2n) is 5.88. The summed E-state index contributed by atoms with van der Waals surface area (Å²) in [7, 11) is 3.37. The Morgan fingerprint density at radius 2 is 1.71 bits per heavy atom. The van der Waals surface area contributed by atoms with E-state index in [1.54, 1.807) is 14.2 Å². The van der Waals surface area contributed by atoms with Crippen LogP contribution in [-0.2, 0) is 6.42 Å². The molecule has 3 nitrogen and oxygen atoms in total. The van der Waals surface area contributed by atoms with Crippen LogP contribution >= 0.6 is 0 Å². The van der Waals surface area contributed by atoms with Gasteiger partial charge in [-0.2, -0.15) is 0 Å². The fourth-order valence-electron chi connectivity index (χ4n) is 3.21. The van der Waals surface area contributed by atoms with Gasteiger partial charge >= 0.3 is 0 Å². The fourth-order valence-corrected chi connectivity index (χ4v) is 3.21. The quantitative estimate of drug-likeness (QED) is 0.742. The Balaban J connectivity index is 2.00. The molecule has 3 rings (SSSR count). The van der Waals surface area contributed by atoms with Gasteiger partial charge in [-0.05, 0) is 47.5 Å². The Labute approximate surface area is 143 Å². The number of benzene rings is 3. The van der Waals surface area contributed by atoms with Gasteiger partial charge in [0.05, 0.1) is 14.2 Å². The monoisotopic (exact) mass is 321 g/mol. The van der Waals surface area contributed by atoms with Gasteiger partial charge in [0.25, 0.3) is 0 Å². The van der Waals surface area contributed by atoms with E-state index in [1.807, 2.05) is 18.2 Å². The number of nitrogens with two attached hydrogens (primary N) is 1. The van der Waals surface area contributed by atoms with Gasteiger partial charge in [-0.25, -0.2) is 0 Å². The predicted molar refractivity (Wildman–Crippen MR) is 99.0 cm³/mol. The van der Waals surface area contributed by atoms with Gasteiger partial charge in [0.15, 0.2) is 0 Å². The highest BCUT2D eigenvalue weighted by Gasteiger charge is 2.17. The van der Waals surface area contributed by atoms with Crippen molar-refractivity contribution >= 4 is 10.8 Å². The van der Waals surface area contributed by atoms with Gasteiger partial charge in [0, 0.05) is 11.5 Å². The maximum Gasteiger partial charge on any atom is 0.122 e. The van der Waals surface area contributed by atoms with Crippen LogP contribution in [0.1, 0.15) is 17.0 Å². The van der Waals surface area contributed by atoms with E-state index in [0.29, 0.717) is 6.54 Å². The van der Waals surface area contributed by atoms with Crippen LogP contribution in [0.5, 0.6) is 11.5 Å². The Hall–Kier alpha value is -2.52. The van der Waals surface area contributed by atoms with Crippen molar-refractivity contribution in [2.45, 2.75) is 12.3 Å². The molecule has 0 fully saturated rings. The third kappa shape index (κ3) is 3.22. The average molecular weight is 321 g/mol. The van der Waals surface area contributed by atoms with Crippen molar-refractivity contribution in [3.05, 3.63) is 71.8 Å². The first-order valence-electron chi connectivity index (χ1n) is 8.15. The molecule has 0 radical (unpaired) electrons. The van der Waals surface area contributed by atoms with Crippen molar-refractivity contribution in [1.29, 1.82) is 0 Å². The first-order chi connectivity index (χ1) is 11.8. The van der Waals surface area contributed by atoms with Crippen LogP contribution in [0, 0.1) is 0 Å². The van der Waals surface area contributed by atoms with Crippen LogP contribution in [0.3, 0.4) is 0 Å². The third-order valence-corrected chi connectivity index (χ3v) is 4.51. The van der Waals surface area contributed by atoms with E-state index < -0.39 is 0 Å². The van der Waals surface area contributed by atoms with Gasteiger partial charge in [-0.3, -0.25) is 0 Å². The molecule has 124 valence electrons. The standard InChI is InChI=1S/C21H23NO2/c1-23-18-10-11-21(24-2)20(13-18)17(14-22)12-16-8-5-7-15-6-3-4-9-19(15)16/h3-11,13,17H,12,14,22H2,1-2H3. The first-order valence-corrected chi connectivity index (χ1v) is 8.15. The Kier molecular flexibility index (Phi) is 5.02. The van der Waals surface area contributed by atoms with E-state index in [2.05, 4.69) is 42.5 Å². The molecule has 0 heterocycles. The lowest BCUT2D eigenvalue weighted by molar-refractivity contribution is 0.395. The molecule has 0 spiro atoms. The molecule has 1 atom stereocenters. The molecular formula is C21H23NO2. The zero-order chi connectivity index (χ0) is 16.9. The third-order valence-electron chi connectivity index (χ3n) is 4.51. The second-order valence-corrected chi connectivity index (χ2v) is 5.88. The van der Waals surface area contributed by atoms with Crippen LogP contribution in [0.25, 0.3) is 10.8 Å². The summed E-state index contributed by atoms with van der Waals surface area (Å²) in [5.41, 5.74) is 8.50. The van der Waals surface area contributed by atoms with Crippen molar-refractivity contribution in [2.24, 2.45) is 5.73 Å². The SMILES string of the molecule is COc1ccc(OC)c(C(CN)Cc2cccc3ccccc23)c1. The minimum absolute atomic E-state index is 0.167. The maximum atomic E-state index is 6.12. The zero-order valence-corrected chi connectivity index (χ0v) is 14.2. The van der Waals surface area contributed by atoms with Gasteiger partial charge in [-0.1, -0.05) is 42.5 Å². The highest BCUT2D eigenvalue weighted by atomic mass is 16.5. The molecule has 24 heavy (non-hydrogen) atoms. The number of fused-ring (bicyclic) bond motifs is 1. The lowest BCUT2D eigenvalue weighted by atomic mass is 9.89. The van der Waals surface area contributed by atoms with Gasteiger partial charge in [0.1, 0.15) is 11.5 Å². The largest absolute Gasteiger partial charge is 0.497 e. The van der Waals surface area contributed by atoms with Gasteiger partial charge < -0.3 is 15.2 Å². The Morgan fingerprint density at radius 3 is 2.46 bits per heavy atom. The van der Waals surface area contributed by atoms with Crippen molar-refractivity contribution in [3.63, 3.8) is 0 Å². The van der Waals surface area contributed by atoms with E-state index in [4.69, 9.17) is 15.2 Å². The molecule has 0 bridgehead atoms. The van der Waals surface area contributed by atoms with Crippen LogP contribution < -0.4 is 15.2 Å². The van der Waals surface area contributed by atoms with Crippen molar-refractivity contribution in [2.75, 3.05) is 20.8 Å². The second kappa shape index (κ2) is 7.37. The molecule has 0 saturated heterocycles. The van der Waals surface area contributed by atoms with E-state index in [-0.39, 0.29) is 5.92 Å². The predicted octanol–water partition coefficient (Wildman–Crippen LogP) is 4.14. The van der Waals surface area contributed by atoms with E-state index in [0.717, 1.165) is 23.5 Å². The molecule has 3 aromatic carbocycles. The van der Waals surface area contributed by atoms with E-state index in [1.165, 1.54) is 16.3 Å². The summed E-state index contributed by atoms with van der Waals surface area (Å²) in [5.74, 6) is 1.84. The van der Waals surface area contributed by atoms with Crippen LogP contribution in [0.4, 0.5) is 0 Å². The molecule has 0 saturated carbocycles. The summed E-state index contributed by atoms with van der Waals surface area (Å²) in [6, 6.07) is 20.8. The Bertz CT molecular complexity index is 824. The molecule has 3 aromatic rings. The molecule has 0 amide bonds. The number of rotatable bonds is 6. The minimum atomic E-state index is 0.167. The summed E-state index contributed by atoms with van der Waals surface area (Å²) in [6.45, 7) is 0.548. The van der Waals surface area contributed by atoms with Crippen molar-refractivity contribution in [1.82, 2.24) is 0 Å². The zero-order valence-electron chi connectivity index (χ0n) is 14.2. The number of hydrogen-bond donors (Lipinski definition) is 1. The first kappa shape index (κ1) is 16.3. The van der Waals surface area contributed by atoms with E-state index in [9.17, 15) is 0 Å². The molecule has 0 aliphatic rings. The Morgan fingerprint density at radius 1 is 0.917 bits per heavy atom. The van der Waals surface area contributed by atoms with E-state index >= 15 is 0 Å². The summed E-state index contributed by atoms with van der Waals surface area (Å²) in [6.07, 6.45) is 0.862. The van der Waals surface area contributed by atoms with Crippen molar-refractivity contribution in [3.8, 4) is 11.5 Å². The molecule has 1 unspecified atom stereocenters. The molecule has 3 heteroatoms. The smallest absolute Gasteiger partial charge is 0.122 e. The van der Waals surface area contributed by atoms with Crippen LogP contribution in [-0.4, -0.2) is 20.8 Å². The molecular weight excluding hydrogens is 298 g/mol. The van der Waals surface area contributed by atoms with Crippen LogP contribution in [0.15, 0.2) is 60.7 Å².